The highest BCUT2D eigenvalue weighted by molar-refractivity contribution is 7.10. The Morgan fingerprint density at radius 3 is 2.77 bits per heavy atom. The van der Waals surface area contributed by atoms with E-state index < -0.39 is 0 Å². The molecule has 2 N–H and O–H groups in total. The number of nitrogens with zero attached hydrogens (tertiary/aromatic N) is 2. The van der Waals surface area contributed by atoms with Crippen molar-refractivity contribution < 1.29 is 9.47 Å². The molecule has 2 aliphatic heterocycles. The summed E-state index contributed by atoms with van der Waals surface area (Å²) in [5.74, 6) is 1.77. The highest BCUT2D eigenvalue weighted by atomic mass is 32.1. The number of nitrogens with one attached hydrogen (secondary N) is 2. The topological polar surface area (TPSA) is 58.1 Å². The van der Waals surface area contributed by atoms with Gasteiger partial charge in [-0.1, -0.05) is 24.3 Å². The van der Waals surface area contributed by atoms with Gasteiger partial charge in [-0.15, -0.1) is 11.3 Å². The Kier molecular flexibility index (Phi) is 6.61. The zero-order valence-corrected chi connectivity index (χ0v) is 18.9. The highest BCUT2D eigenvalue weighted by Crippen LogP contribution is 2.39. The van der Waals surface area contributed by atoms with E-state index in [-0.39, 0.29) is 11.6 Å². The quantitative estimate of drug-likeness (QED) is 0.563. The van der Waals surface area contributed by atoms with Crippen LogP contribution in [0.4, 0.5) is 0 Å². The molecule has 0 radical (unpaired) electrons. The van der Waals surface area contributed by atoms with E-state index in [1.54, 1.807) is 0 Å². The van der Waals surface area contributed by atoms with Crippen molar-refractivity contribution in [3.63, 3.8) is 0 Å². The molecule has 1 saturated heterocycles. The molecule has 7 heteroatoms. The van der Waals surface area contributed by atoms with Crippen molar-refractivity contribution in [2.24, 2.45) is 4.99 Å². The first kappa shape index (κ1) is 21.2. The van der Waals surface area contributed by atoms with Gasteiger partial charge >= 0.3 is 0 Å². The van der Waals surface area contributed by atoms with Crippen LogP contribution in [0.2, 0.25) is 0 Å². The average molecular weight is 429 g/mol. The zero-order valence-electron chi connectivity index (χ0n) is 18.1. The van der Waals surface area contributed by atoms with Gasteiger partial charge in [0.25, 0.3) is 0 Å². The lowest BCUT2D eigenvalue weighted by atomic mass is 9.90. The van der Waals surface area contributed by atoms with Gasteiger partial charge in [-0.25, -0.2) is 0 Å². The number of morpholine rings is 1. The van der Waals surface area contributed by atoms with Gasteiger partial charge in [0.1, 0.15) is 11.4 Å². The number of hydrogen-bond donors (Lipinski definition) is 2. The molecule has 6 nitrogen and oxygen atoms in total. The molecule has 0 amide bonds. The summed E-state index contributed by atoms with van der Waals surface area (Å²) in [5, 5.41) is 9.37. The van der Waals surface area contributed by atoms with E-state index in [9.17, 15) is 0 Å². The number of hydrogen-bond acceptors (Lipinski definition) is 5. The number of aliphatic imine (C=N–C) groups is 1. The van der Waals surface area contributed by atoms with Gasteiger partial charge in [0.15, 0.2) is 5.96 Å². The van der Waals surface area contributed by atoms with Crippen LogP contribution in [0.5, 0.6) is 5.75 Å². The van der Waals surface area contributed by atoms with Crippen molar-refractivity contribution in [2.45, 2.75) is 38.0 Å². The fourth-order valence-electron chi connectivity index (χ4n) is 4.26. The third-order valence-corrected chi connectivity index (χ3v) is 6.71. The standard InChI is InChI=1S/C23H32N4O2S/c1-23(2)15-18(17-7-4-5-8-20(17)29-23)26-22(24-3)25-16-19(21-9-6-14-30-21)27-10-12-28-13-11-27/h4-9,14,18-19H,10-13,15-16H2,1-3H3,(H2,24,25,26). The van der Waals surface area contributed by atoms with E-state index in [1.165, 1.54) is 10.4 Å². The molecule has 162 valence electrons. The molecule has 2 aromatic rings. The largest absolute Gasteiger partial charge is 0.487 e. The molecule has 0 aliphatic carbocycles. The second kappa shape index (κ2) is 9.37. The van der Waals surface area contributed by atoms with E-state index >= 15 is 0 Å². The first-order valence-electron chi connectivity index (χ1n) is 10.7. The molecule has 4 rings (SSSR count). The number of thiophene rings is 1. The first-order chi connectivity index (χ1) is 14.6. The molecule has 2 atom stereocenters. The third-order valence-electron chi connectivity index (χ3n) is 5.73. The van der Waals surface area contributed by atoms with Crippen LogP contribution >= 0.6 is 11.3 Å². The number of rotatable bonds is 5. The van der Waals surface area contributed by atoms with Crippen LogP contribution in [0.25, 0.3) is 0 Å². The third kappa shape index (κ3) is 4.96. The predicted molar refractivity (Wildman–Crippen MR) is 122 cm³/mol. The average Bonchev–Trinajstić information content (AvgIpc) is 3.27. The van der Waals surface area contributed by atoms with Gasteiger partial charge in [0, 0.05) is 43.5 Å². The van der Waals surface area contributed by atoms with E-state index in [0.717, 1.165) is 51.0 Å². The summed E-state index contributed by atoms with van der Waals surface area (Å²) in [6.07, 6.45) is 0.878. The molecule has 0 saturated carbocycles. The van der Waals surface area contributed by atoms with Gasteiger partial charge in [-0.2, -0.15) is 0 Å². The fourth-order valence-corrected chi connectivity index (χ4v) is 5.12. The monoisotopic (exact) mass is 428 g/mol. The normalized spacial score (nSPS) is 22.6. The van der Waals surface area contributed by atoms with Crippen LogP contribution in [0.15, 0.2) is 46.8 Å². The maximum Gasteiger partial charge on any atom is 0.191 e. The molecule has 1 aromatic carbocycles. The summed E-state index contributed by atoms with van der Waals surface area (Å²) < 4.78 is 11.7. The van der Waals surface area contributed by atoms with Crippen molar-refractivity contribution in [1.82, 2.24) is 15.5 Å². The van der Waals surface area contributed by atoms with Crippen LogP contribution in [0.1, 0.15) is 42.8 Å². The molecule has 3 heterocycles. The van der Waals surface area contributed by atoms with Crippen molar-refractivity contribution in [2.75, 3.05) is 39.9 Å². The number of fused-ring (bicyclic) bond motifs is 1. The second-order valence-electron chi connectivity index (χ2n) is 8.43. The van der Waals surface area contributed by atoms with Gasteiger partial charge in [0.2, 0.25) is 0 Å². The Morgan fingerprint density at radius 2 is 2.03 bits per heavy atom. The maximum absolute atomic E-state index is 6.17. The maximum atomic E-state index is 6.17. The Balaban J connectivity index is 1.45. The smallest absolute Gasteiger partial charge is 0.191 e. The van der Waals surface area contributed by atoms with Gasteiger partial charge < -0.3 is 20.1 Å². The number of ether oxygens (including phenoxy) is 2. The van der Waals surface area contributed by atoms with Crippen molar-refractivity contribution in [1.29, 1.82) is 0 Å². The molecule has 2 aliphatic rings. The SMILES string of the molecule is CN=C(NCC(c1cccs1)N1CCOCC1)NC1CC(C)(C)Oc2ccccc21. The summed E-state index contributed by atoms with van der Waals surface area (Å²) in [4.78, 5) is 8.39. The van der Waals surface area contributed by atoms with Crippen LogP contribution in [-0.4, -0.2) is 56.4 Å². The Bertz CT molecular complexity index is 847. The molecule has 1 aromatic heterocycles. The van der Waals surface area contributed by atoms with E-state index in [4.69, 9.17) is 9.47 Å². The lowest BCUT2D eigenvalue weighted by molar-refractivity contribution is 0.0177. The summed E-state index contributed by atoms with van der Waals surface area (Å²) in [5.41, 5.74) is 0.959. The summed E-state index contributed by atoms with van der Waals surface area (Å²) in [7, 11) is 1.83. The van der Waals surface area contributed by atoms with Crippen molar-refractivity contribution in [3.05, 3.63) is 52.2 Å². The molecule has 0 spiro atoms. The molecule has 2 unspecified atom stereocenters. The molecular formula is C23H32N4O2S. The van der Waals surface area contributed by atoms with Crippen LogP contribution < -0.4 is 15.4 Å². The van der Waals surface area contributed by atoms with E-state index in [0.29, 0.717) is 6.04 Å². The summed E-state index contributed by atoms with van der Waals surface area (Å²) >= 11 is 1.81. The number of para-hydroxylation sites is 1. The van der Waals surface area contributed by atoms with E-state index in [1.807, 2.05) is 30.5 Å². The summed E-state index contributed by atoms with van der Waals surface area (Å²) in [6, 6.07) is 13.1. The molecular weight excluding hydrogens is 396 g/mol. The first-order valence-corrected chi connectivity index (χ1v) is 11.5. The second-order valence-corrected chi connectivity index (χ2v) is 9.41. The highest BCUT2D eigenvalue weighted by Gasteiger charge is 2.34. The molecule has 0 bridgehead atoms. The lowest BCUT2D eigenvalue weighted by Gasteiger charge is -2.38. The fraction of sp³-hybridized carbons (Fsp3) is 0.522. The minimum atomic E-state index is -0.224. The van der Waals surface area contributed by atoms with Crippen LogP contribution in [0.3, 0.4) is 0 Å². The lowest BCUT2D eigenvalue weighted by Crippen LogP contribution is -2.48. The predicted octanol–water partition coefficient (Wildman–Crippen LogP) is 3.59. The van der Waals surface area contributed by atoms with Crippen LogP contribution in [0, 0.1) is 0 Å². The number of guanidine groups is 1. The van der Waals surface area contributed by atoms with Gasteiger partial charge in [-0.3, -0.25) is 9.89 Å². The Morgan fingerprint density at radius 1 is 1.23 bits per heavy atom. The van der Waals surface area contributed by atoms with Crippen molar-refractivity contribution in [3.8, 4) is 5.75 Å². The van der Waals surface area contributed by atoms with Gasteiger partial charge in [-0.05, 0) is 31.4 Å². The minimum Gasteiger partial charge on any atom is -0.487 e. The Labute approximate surface area is 183 Å². The minimum absolute atomic E-state index is 0.153. The molecule has 30 heavy (non-hydrogen) atoms. The number of benzene rings is 1. The molecule has 1 fully saturated rings. The summed E-state index contributed by atoms with van der Waals surface area (Å²) in [6.45, 7) is 8.58. The zero-order chi connectivity index (χ0) is 21.0. The Hall–Kier alpha value is -2.09. The van der Waals surface area contributed by atoms with Gasteiger partial charge in [0.05, 0.1) is 25.3 Å². The van der Waals surface area contributed by atoms with E-state index in [2.05, 4.69) is 64.0 Å². The van der Waals surface area contributed by atoms with Crippen molar-refractivity contribution >= 4 is 17.3 Å². The van der Waals surface area contributed by atoms with Crippen LogP contribution in [-0.2, 0) is 4.74 Å².